The normalized spacial score (nSPS) is 19.5. The molecule has 2 amide bonds. The van der Waals surface area contributed by atoms with Gasteiger partial charge in [-0.25, -0.2) is 0 Å². The molecular weight excluding hydrogens is 334 g/mol. The standard InChI is InChI=1S/C16H20ClN3O2S/c1-4-18-16-20(5-2)15(22)13(23-16)9-14(21)19-11-7-6-10(3)12(17)8-11/h6-8,13H,4-5,9H2,1-3H3,(H,19,21). The summed E-state index contributed by atoms with van der Waals surface area (Å²) in [5.74, 6) is -0.258. The van der Waals surface area contributed by atoms with Crippen LogP contribution in [0.1, 0.15) is 25.8 Å². The molecule has 1 N–H and O–H groups in total. The van der Waals surface area contributed by atoms with Crippen LogP contribution in [0.15, 0.2) is 23.2 Å². The van der Waals surface area contributed by atoms with Gasteiger partial charge in [0, 0.05) is 30.2 Å². The summed E-state index contributed by atoms with van der Waals surface area (Å²) in [6.45, 7) is 6.91. The van der Waals surface area contributed by atoms with Crippen molar-refractivity contribution in [1.82, 2.24) is 4.90 Å². The highest BCUT2D eigenvalue weighted by Crippen LogP contribution is 2.30. The maximum absolute atomic E-state index is 12.3. The number of carbonyl (C=O) groups excluding carboxylic acids is 2. The van der Waals surface area contributed by atoms with Gasteiger partial charge < -0.3 is 5.32 Å². The van der Waals surface area contributed by atoms with Gasteiger partial charge in [-0.2, -0.15) is 0 Å². The third-order valence-electron chi connectivity index (χ3n) is 3.46. The van der Waals surface area contributed by atoms with E-state index in [0.717, 1.165) is 5.56 Å². The molecule has 1 heterocycles. The average molecular weight is 354 g/mol. The molecule has 0 aromatic heterocycles. The zero-order chi connectivity index (χ0) is 17.0. The number of benzene rings is 1. The van der Waals surface area contributed by atoms with E-state index in [9.17, 15) is 9.59 Å². The molecule has 0 aliphatic carbocycles. The molecule has 0 bridgehead atoms. The molecule has 0 radical (unpaired) electrons. The van der Waals surface area contributed by atoms with Gasteiger partial charge in [0.2, 0.25) is 11.8 Å². The van der Waals surface area contributed by atoms with Gasteiger partial charge >= 0.3 is 0 Å². The van der Waals surface area contributed by atoms with E-state index in [1.54, 1.807) is 17.0 Å². The predicted molar refractivity (Wildman–Crippen MR) is 96.2 cm³/mol. The average Bonchev–Trinajstić information content (AvgIpc) is 2.79. The summed E-state index contributed by atoms with van der Waals surface area (Å²) in [6.07, 6.45) is 0.119. The first-order chi connectivity index (χ1) is 11.0. The molecule has 1 aliphatic heterocycles. The van der Waals surface area contributed by atoms with Crippen molar-refractivity contribution in [2.75, 3.05) is 18.4 Å². The minimum absolute atomic E-state index is 0.0539. The van der Waals surface area contributed by atoms with Crippen LogP contribution in [0.25, 0.3) is 0 Å². The number of amidine groups is 1. The first-order valence-corrected chi connectivity index (χ1v) is 8.80. The first-order valence-electron chi connectivity index (χ1n) is 7.54. The first kappa shape index (κ1) is 17.8. The van der Waals surface area contributed by atoms with E-state index in [0.29, 0.717) is 29.0 Å². The predicted octanol–water partition coefficient (Wildman–Crippen LogP) is 3.32. The molecular formula is C16H20ClN3O2S. The van der Waals surface area contributed by atoms with Gasteiger partial charge in [-0.3, -0.25) is 19.5 Å². The number of hydrogen-bond donors (Lipinski definition) is 1. The molecule has 5 nitrogen and oxygen atoms in total. The molecule has 1 unspecified atom stereocenters. The summed E-state index contributed by atoms with van der Waals surface area (Å²) in [5, 5.41) is 3.68. The van der Waals surface area contributed by atoms with Crippen LogP contribution < -0.4 is 5.32 Å². The number of carbonyl (C=O) groups is 2. The largest absolute Gasteiger partial charge is 0.326 e. The fourth-order valence-corrected chi connectivity index (χ4v) is 3.69. The van der Waals surface area contributed by atoms with Gasteiger partial charge in [0.1, 0.15) is 5.25 Å². The number of hydrogen-bond acceptors (Lipinski definition) is 4. The fourth-order valence-electron chi connectivity index (χ4n) is 2.24. The second-order valence-electron chi connectivity index (χ2n) is 5.16. The Kier molecular flexibility index (Phi) is 6.07. The minimum atomic E-state index is -0.416. The van der Waals surface area contributed by atoms with Crippen LogP contribution in [-0.2, 0) is 9.59 Å². The molecule has 2 rings (SSSR count). The molecule has 1 atom stereocenters. The summed E-state index contributed by atoms with van der Waals surface area (Å²) in [5.41, 5.74) is 1.58. The van der Waals surface area contributed by atoms with Crippen LogP contribution in [0.4, 0.5) is 5.69 Å². The number of rotatable bonds is 5. The fraction of sp³-hybridized carbons (Fsp3) is 0.438. The van der Waals surface area contributed by atoms with Crippen molar-refractivity contribution >= 4 is 46.0 Å². The number of anilines is 1. The number of amides is 2. The topological polar surface area (TPSA) is 61.8 Å². The van der Waals surface area contributed by atoms with Crippen LogP contribution in [0.3, 0.4) is 0 Å². The molecule has 124 valence electrons. The highest BCUT2D eigenvalue weighted by Gasteiger charge is 2.37. The van der Waals surface area contributed by atoms with E-state index in [4.69, 9.17) is 11.6 Å². The summed E-state index contributed by atoms with van der Waals surface area (Å²) >= 11 is 7.41. The van der Waals surface area contributed by atoms with Gasteiger partial charge in [0.15, 0.2) is 5.17 Å². The third-order valence-corrected chi connectivity index (χ3v) is 5.08. The Morgan fingerprint density at radius 3 is 2.78 bits per heavy atom. The lowest BCUT2D eigenvalue weighted by Gasteiger charge is -2.13. The summed E-state index contributed by atoms with van der Waals surface area (Å²) in [7, 11) is 0. The lowest BCUT2D eigenvalue weighted by Crippen LogP contribution is -2.33. The lowest BCUT2D eigenvalue weighted by atomic mass is 10.2. The van der Waals surface area contributed by atoms with Gasteiger partial charge in [-0.1, -0.05) is 29.4 Å². The monoisotopic (exact) mass is 353 g/mol. The van der Waals surface area contributed by atoms with Gasteiger partial charge in [-0.15, -0.1) is 0 Å². The van der Waals surface area contributed by atoms with Gasteiger partial charge in [0.25, 0.3) is 0 Å². The van der Waals surface area contributed by atoms with E-state index in [1.165, 1.54) is 11.8 Å². The molecule has 23 heavy (non-hydrogen) atoms. The van der Waals surface area contributed by atoms with E-state index < -0.39 is 5.25 Å². The van der Waals surface area contributed by atoms with Crippen molar-refractivity contribution in [3.05, 3.63) is 28.8 Å². The zero-order valence-corrected chi connectivity index (χ0v) is 15.0. The molecule has 1 aromatic rings. The molecule has 1 aromatic carbocycles. The van der Waals surface area contributed by atoms with E-state index in [1.807, 2.05) is 26.8 Å². The minimum Gasteiger partial charge on any atom is -0.326 e. The van der Waals surface area contributed by atoms with Crippen molar-refractivity contribution in [2.45, 2.75) is 32.4 Å². The van der Waals surface area contributed by atoms with Crippen molar-refractivity contribution in [1.29, 1.82) is 0 Å². The van der Waals surface area contributed by atoms with Crippen LogP contribution in [0.2, 0.25) is 5.02 Å². The number of aliphatic imine (C=N–C) groups is 1. The van der Waals surface area contributed by atoms with Crippen molar-refractivity contribution in [3.63, 3.8) is 0 Å². The number of thioether (sulfide) groups is 1. The Bertz CT molecular complexity index is 648. The van der Waals surface area contributed by atoms with Crippen LogP contribution in [0, 0.1) is 6.92 Å². The number of nitrogens with one attached hydrogen (secondary N) is 1. The number of aryl methyl sites for hydroxylation is 1. The Morgan fingerprint density at radius 1 is 1.43 bits per heavy atom. The van der Waals surface area contributed by atoms with Crippen molar-refractivity contribution in [3.8, 4) is 0 Å². The maximum atomic E-state index is 12.3. The van der Waals surface area contributed by atoms with Crippen molar-refractivity contribution in [2.24, 2.45) is 4.99 Å². The van der Waals surface area contributed by atoms with Gasteiger partial charge in [-0.05, 0) is 38.5 Å². The second-order valence-corrected chi connectivity index (χ2v) is 6.74. The van der Waals surface area contributed by atoms with Crippen LogP contribution >= 0.6 is 23.4 Å². The summed E-state index contributed by atoms with van der Waals surface area (Å²) in [6, 6.07) is 5.35. The van der Waals surface area contributed by atoms with E-state index in [2.05, 4.69) is 10.3 Å². The Balaban J connectivity index is 2.01. The second kappa shape index (κ2) is 7.84. The molecule has 0 spiro atoms. The Morgan fingerprint density at radius 2 is 2.17 bits per heavy atom. The van der Waals surface area contributed by atoms with Crippen LogP contribution in [0.5, 0.6) is 0 Å². The van der Waals surface area contributed by atoms with Crippen LogP contribution in [-0.4, -0.2) is 40.2 Å². The highest BCUT2D eigenvalue weighted by molar-refractivity contribution is 8.15. The lowest BCUT2D eigenvalue weighted by molar-refractivity contribution is -0.128. The van der Waals surface area contributed by atoms with E-state index >= 15 is 0 Å². The SMILES string of the molecule is CCN=C1SC(CC(=O)Nc2ccc(C)c(Cl)c2)C(=O)N1CC. The molecule has 1 saturated heterocycles. The smallest absolute Gasteiger partial charge is 0.242 e. The summed E-state index contributed by atoms with van der Waals surface area (Å²) < 4.78 is 0. The summed E-state index contributed by atoms with van der Waals surface area (Å²) in [4.78, 5) is 30.5. The van der Waals surface area contributed by atoms with Gasteiger partial charge in [0.05, 0.1) is 0 Å². The molecule has 1 fully saturated rings. The zero-order valence-electron chi connectivity index (χ0n) is 13.4. The highest BCUT2D eigenvalue weighted by atomic mass is 35.5. The molecule has 0 saturated carbocycles. The van der Waals surface area contributed by atoms with E-state index in [-0.39, 0.29) is 18.2 Å². The Hall–Kier alpha value is -1.53. The molecule has 7 heteroatoms. The van der Waals surface area contributed by atoms with Crippen molar-refractivity contribution < 1.29 is 9.59 Å². The maximum Gasteiger partial charge on any atom is 0.242 e. The number of nitrogens with zero attached hydrogens (tertiary/aromatic N) is 2. The number of halogens is 1. The third kappa shape index (κ3) is 4.26. The molecule has 1 aliphatic rings. The quantitative estimate of drug-likeness (QED) is 0.883. The Labute approximate surface area is 145 Å².